The molecule has 7 nitrogen and oxygen atoms in total. The second-order valence-corrected chi connectivity index (χ2v) is 6.81. The highest BCUT2D eigenvalue weighted by Gasteiger charge is 2.32. The fourth-order valence-electron chi connectivity index (χ4n) is 3.02. The summed E-state index contributed by atoms with van der Waals surface area (Å²) in [6, 6.07) is 0. The predicted molar refractivity (Wildman–Crippen MR) is 86.9 cm³/mol. The van der Waals surface area contributed by atoms with E-state index in [4.69, 9.17) is 4.74 Å². The topological polar surface area (TPSA) is 92.8 Å². The summed E-state index contributed by atoms with van der Waals surface area (Å²) in [5.74, 6) is -1.60. The molecule has 2 heterocycles. The molecule has 1 aliphatic heterocycles. The molecule has 1 aromatic heterocycles. The number of anilines is 1. The smallest absolute Gasteiger partial charge is 0.341 e. The van der Waals surface area contributed by atoms with Gasteiger partial charge in [0.25, 0.3) is 0 Å². The normalized spacial score (nSPS) is 16.5. The number of fused-ring (bicyclic) bond motifs is 1. The molecule has 24 heavy (non-hydrogen) atoms. The SMILES string of the molecule is CCOC(=O)c1c(NC(=O)CN2C(=O)CCC2=O)sc2c1CCC2. The maximum Gasteiger partial charge on any atom is 0.341 e. The van der Waals surface area contributed by atoms with Crippen molar-refractivity contribution in [2.75, 3.05) is 18.5 Å². The number of imide groups is 1. The van der Waals surface area contributed by atoms with E-state index in [-0.39, 0.29) is 37.8 Å². The number of nitrogens with zero attached hydrogens (tertiary/aromatic N) is 1. The van der Waals surface area contributed by atoms with Crippen LogP contribution in [0.2, 0.25) is 0 Å². The number of esters is 1. The van der Waals surface area contributed by atoms with Crippen LogP contribution < -0.4 is 5.32 Å². The van der Waals surface area contributed by atoms with Crippen molar-refractivity contribution in [2.24, 2.45) is 0 Å². The van der Waals surface area contributed by atoms with Crippen LogP contribution in [0.4, 0.5) is 5.00 Å². The van der Waals surface area contributed by atoms with E-state index in [9.17, 15) is 19.2 Å². The first-order valence-corrected chi connectivity index (χ1v) is 8.77. The van der Waals surface area contributed by atoms with Gasteiger partial charge in [-0.3, -0.25) is 19.3 Å². The lowest BCUT2D eigenvalue weighted by molar-refractivity contribution is -0.141. The molecule has 8 heteroatoms. The van der Waals surface area contributed by atoms with E-state index in [1.54, 1.807) is 6.92 Å². The monoisotopic (exact) mass is 350 g/mol. The van der Waals surface area contributed by atoms with E-state index in [0.29, 0.717) is 10.6 Å². The minimum absolute atomic E-state index is 0.146. The molecule has 1 N–H and O–H groups in total. The van der Waals surface area contributed by atoms with Crippen LogP contribution in [-0.2, 0) is 32.0 Å². The molecule has 1 aliphatic carbocycles. The minimum Gasteiger partial charge on any atom is -0.462 e. The summed E-state index contributed by atoms with van der Waals surface area (Å²) < 4.78 is 5.10. The lowest BCUT2D eigenvalue weighted by atomic mass is 10.1. The summed E-state index contributed by atoms with van der Waals surface area (Å²) in [5, 5.41) is 3.13. The zero-order valence-corrected chi connectivity index (χ0v) is 14.2. The molecule has 1 saturated heterocycles. The van der Waals surface area contributed by atoms with Gasteiger partial charge in [-0.15, -0.1) is 11.3 Å². The Hall–Kier alpha value is -2.22. The Morgan fingerprint density at radius 1 is 1.17 bits per heavy atom. The largest absolute Gasteiger partial charge is 0.462 e. The van der Waals surface area contributed by atoms with E-state index in [1.807, 2.05) is 0 Å². The van der Waals surface area contributed by atoms with Gasteiger partial charge in [-0.2, -0.15) is 0 Å². The predicted octanol–water partition coefficient (Wildman–Crippen LogP) is 1.50. The standard InChI is InChI=1S/C16H18N2O5S/c1-2-23-16(22)14-9-4-3-5-10(9)24-15(14)17-11(19)8-18-12(20)6-7-13(18)21/h2-8H2,1H3,(H,17,19). The summed E-state index contributed by atoms with van der Waals surface area (Å²) in [5.41, 5.74) is 1.36. The minimum atomic E-state index is -0.482. The maximum absolute atomic E-state index is 12.2. The van der Waals surface area contributed by atoms with Crippen molar-refractivity contribution in [3.05, 3.63) is 16.0 Å². The number of nitrogens with one attached hydrogen (secondary N) is 1. The molecule has 0 aromatic carbocycles. The molecule has 0 saturated carbocycles. The van der Waals surface area contributed by atoms with Gasteiger partial charge >= 0.3 is 5.97 Å². The van der Waals surface area contributed by atoms with Crippen LogP contribution in [0.25, 0.3) is 0 Å². The first-order valence-electron chi connectivity index (χ1n) is 7.96. The van der Waals surface area contributed by atoms with Crippen LogP contribution in [0.5, 0.6) is 0 Å². The fourth-order valence-corrected chi connectivity index (χ4v) is 4.31. The Bertz CT molecular complexity index is 708. The molecule has 0 spiro atoms. The number of carbonyl (C=O) groups is 4. The van der Waals surface area contributed by atoms with Gasteiger partial charge in [0.15, 0.2) is 0 Å². The Morgan fingerprint density at radius 2 is 1.88 bits per heavy atom. The van der Waals surface area contributed by atoms with Crippen LogP contribution in [0.1, 0.15) is 47.0 Å². The lowest BCUT2D eigenvalue weighted by Gasteiger charge is -2.13. The van der Waals surface area contributed by atoms with E-state index in [1.165, 1.54) is 11.3 Å². The summed E-state index contributed by atoms with van der Waals surface area (Å²) >= 11 is 1.37. The number of hydrogen-bond donors (Lipinski definition) is 1. The molecule has 1 aromatic rings. The van der Waals surface area contributed by atoms with Crippen molar-refractivity contribution in [1.82, 2.24) is 4.90 Å². The highest BCUT2D eigenvalue weighted by molar-refractivity contribution is 7.17. The van der Waals surface area contributed by atoms with Gasteiger partial charge < -0.3 is 10.1 Å². The zero-order valence-electron chi connectivity index (χ0n) is 13.3. The van der Waals surface area contributed by atoms with Crippen molar-refractivity contribution >= 4 is 40.0 Å². The second-order valence-electron chi connectivity index (χ2n) is 5.70. The molecule has 128 valence electrons. The zero-order chi connectivity index (χ0) is 17.3. The summed E-state index contributed by atoms with van der Waals surface area (Å²) in [7, 11) is 0. The van der Waals surface area contributed by atoms with Gasteiger partial charge in [0.2, 0.25) is 17.7 Å². The molecule has 1 fully saturated rings. The molecular weight excluding hydrogens is 332 g/mol. The Morgan fingerprint density at radius 3 is 2.54 bits per heavy atom. The molecule has 2 aliphatic rings. The number of thiophene rings is 1. The van der Waals surface area contributed by atoms with E-state index >= 15 is 0 Å². The average molecular weight is 350 g/mol. The number of ether oxygens (including phenoxy) is 1. The quantitative estimate of drug-likeness (QED) is 0.642. The fraction of sp³-hybridized carbons (Fsp3) is 0.500. The third-order valence-electron chi connectivity index (χ3n) is 4.11. The van der Waals surface area contributed by atoms with Crippen LogP contribution in [0, 0.1) is 0 Å². The summed E-state index contributed by atoms with van der Waals surface area (Å²) in [4.78, 5) is 49.7. The van der Waals surface area contributed by atoms with Crippen LogP contribution in [-0.4, -0.2) is 41.7 Å². The van der Waals surface area contributed by atoms with Gasteiger partial charge in [-0.05, 0) is 31.7 Å². The highest BCUT2D eigenvalue weighted by Crippen LogP contribution is 2.39. The lowest BCUT2D eigenvalue weighted by Crippen LogP contribution is -2.37. The summed E-state index contributed by atoms with van der Waals surface area (Å²) in [6.07, 6.45) is 2.95. The average Bonchev–Trinajstić information content (AvgIpc) is 3.18. The number of likely N-dealkylation sites (tertiary alicyclic amines) is 1. The van der Waals surface area contributed by atoms with E-state index in [0.717, 1.165) is 34.6 Å². The molecule has 0 atom stereocenters. The molecular formula is C16H18N2O5S. The Kier molecular flexibility index (Phi) is 4.66. The molecule has 0 unspecified atom stereocenters. The van der Waals surface area contributed by atoms with Crippen LogP contribution in [0.15, 0.2) is 0 Å². The second kappa shape index (κ2) is 6.72. The van der Waals surface area contributed by atoms with Gasteiger partial charge in [0, 0.05) is 17.7 Å². The molecule has 3 rings (SSSR count). The van der Waals surface area contributed by atoms with Crippen molar-refractivity contribution in [3.8, 4) is 0 Å². The third-order valence-corrected chi connectivity index (χ3v) is 5.32. The highest BCUT2D eigenvalue weighted by atomic mass is 32.1. The number of rotatable bonds is 5. The van der Waals surface area contributed by atoms with Gasteiger partial charge in [0.1, 0.15) is 11.5 Å². The number of amides is 3. The van der Waals surface area contributed by atoms with Gasteiger partial charge in [-0.25, -0.2) is 4.79 Å². The molecule has 3 amide bonds. The van der Waals surface area contributed by atoms with E-state index < -0.39 is 11.9 Å². The Labute approximate surface area is 143 Å². The van der Waals surface area contributed by atoms with Crippen molar-refractivity contribution in [3.63, 3.8) is 0 Å². The first kappa shape index (κ1) is 16.6. The van der Waals surface area contributed by atoms with Gasteiger partial charge in [-0.1, -0.05) is 0 Å². The van der Waals surface area contributed by atoms with E-state index in [2.05, 4.69) is 5.32 Å². The van der Waals surface area contributed by atoms with Crippen molar-refractivity contribution < 1.29 is 23.9 Å². The van der Waals surface area contributed by atoms with Crippen LogP contribution >= 0.6 is 11.3 Å². The maximum atomic E-state index is 12.2. The first-order chi connectivity index (χ1) is 11.5. The van der Waals surface area contributed by atoms with Crippen LogP contribution in [0.3, 0.4) is 0 Å². The van der Waals surface area contributed by atoms with Crippen molar-refractivity contribution in [1.29, 1.82) is 0 Å². The Balaban J connectivity index is 1.77. The number of aryl methyl sites for hydroxylation is 1. The third kappa shape index (κ3) is 3.06. The van der Waals surface area contributed by atoms with Gasteiger partial charge in [0.05, 0.1) is 12.2 Å². The molecule has 0 radical (unpaired) electrons. The van der Waals surface area contributed by atoms with Crippen molar-refractivity contribution in [2.45, 2.75) is 39.0 Å². The number of carbonyl (C=O) groups excluding carboxylic acids is 4. The summed E-state index contributed by atoms with van der Waals surface area (Å²) in [6.45, 7) is 1.67. The number of hydrogen-bond acceptors (Lipinski definition) is 6. The molecule has 0 bridgehead atoms.